The van der Waals surface area contributed by atoms with Gasteiger partial charge in [0, 0.05) is 6.54 Å². The van der Waals surface area contributed by atoms with E-state index in [4.69, 9.17) is 18.9 Å². The molecular formula is C20H30N2O7. The molecule has 0 bridgehead atoms. The van der Waals surface area contributed by atoms with Crippen molar-refractivity contribution in [2.75, 3.05) is 26.4 Å². The van der Waals surface area contributed by atoms with Crippen LogP contribution in [0.5, 0.6) is 5.75 Å². The summed E-state index contributed by atoms with van der Waals surface area (Å²) in [5, 5.41) is 2.66. The summed E-state index contributed by atoms with van der Waals surface area (Å²) in [6, 6.07) is 2.92. The van der Waals surface area contributed by atoms with Gasteiger partial charge in [-0.05, 0) is 59.6 Å². The zero-order chi connectivity index (χ0) is 21.9. The number of esters is 2. The van der Waals surface area contributed by atoms with Gasteiger partial charge in [-0.3, -0.25) is 0 Å². The quantitative estimate of drug-likeness (QED) is 0.356. The molecule has 1 amide bonds. The average Bonchev–Trinajstić information content (AvgIpc) is 2.63. The van der Waals surface area contributed by atoms with Crippen molar-refractivity contribution >= 4 is 18.0 Å². The molecule has 1 heterocycles. The third-order valence-corrected chi connectivity index (χ3v) is 3.31. The Morgan fingerprint density at radius 1 is 1.00 bits per heavy atom. The number of amides is 1. The SMILES string of the molecule is CCOC(=O)c1ccc(OCCCCNC(=O)OC(C)(C)C)c(C(=O)OCC)n1. The third kappa shape index (κ3) is 9.27. The molecule has 9 heteroatoms. The largest absolute Gasteiger partial charge is 0.491 e. The van der Waals surface area contributed by atoms with Crippen molar-refractivity contribution < 1.29 is 33.3 Å². The molecule has 0 aliphatic carbocycles. The van der Waals surface area contributed by atoms with E-state index < -0.39 is 23.6 Å². The molecule has 0 saturated carbocycles. The molecule has 162 valence electrons. The van der Waals surface area contributed by atoms with E-state index in [-0.39, 0.29) is 30.4 Å². The van der Waals surface area contributed by atoms with Crippen LogP contribution in [0.4, 0.5) is 4.79 Å². The minimum atomic E-state index is -0.680. The molecule has 0 fully saturated rings. The molecule has 0 aliphatic heterocycles. The first-order valence-corrected chi connectivity index (χ1v) is 9.62. The first kappa shape index (κ1) is 24.2. The number of rotatable bonds is 10. The second-order valence-electron chi connectivity index (χ2n) is 6.97. The van der Waals surface area contributed by atoms with Crippen LogP contribution in [0.25, 0.3) is 0 Å². The van der Waals surface area contributed by atoms with Gasteiger partial charge in [-0.2, -0.15) is 0 Å². The van der Waals surface area contributed by atoms with Crippen molar-refractivity contribution in [2.45, 2.75) is 53.1 Å². The Labute approximate surface area is 171 Å². The lowest BCUT2D eigenvalue weighted by atomic mass is 10.2. The topological polar surface area (TPSA) is 113 Å². The highest BCUT2D eigenvalue weighted by atomic mass is 16.6. The Kier molecular flexibility index (Phi) is 9.91. The lowest BCUT2D eigenvalue weighted by Gasteiger charge is -2.19. The van der Waals surface area contributed by atoms with Crippen molar-refractivity contribution in [3.8, 4) is 5.75 Å². The smallest absolute Gasteiger partial charge is 0.407 e. The first-order valence-electron chi connectivity index (χ1n) is 9.62. The van der Waals surface area contributed by atoms with E-state index in [2.05, 4.69) is 10.3 Å². The molecule has 1 aromatic rings. The van der Waals surface area contributed by atoms with Crippen LogP contribution in [0.1, 0.15) is 68.4 Å². The molecular weight excluding hydrogens is 380 g/mol. The molecule has 9 nitrogen and oxygen atoms in total. The zero-order valence-corrected chi connectivity index (χ0v) is 17.7. The number of nitrogens with one attached hydrogen (secondary N) is 1. The predicted molar refractivity (Wildman–Crippen MR) is 105 cm³/mol. The van der Waals surface area contributed by atoms with E-state index in [1.54, 1.807) is 34.6 Å². The molecule has 0 aliphatic rings. The molecule has 1 aromatic heterocycles. The van der Waals surface area contributed by atoms with E-state index in [0.29, 0.717) is 26.0 Å². The normalized spacial score (nSPS) is 10.8. The lowest BCUT2D eigenvalue weighted by molar-refractivity contribution is 0.0497. The maximum atomic E-state index is 12.1. The summed E-state index contributed by atoms with van der Waals surface area (Å²) < 4.78 is 20.7. The molecule has 0 unspecified atom stereocenters. The highest BCUT2D eigenvalue weighted by Crippen LogP contribution is 2.19. The molecule has 0 radical (unpaired) electrons. The number of carbonyl (C=O) groups is 3. The molecule has 1 N–H and O–H groups in total. The van der Waals surface area contributed by atoms with Crippen LogP contribution in [0.15, 0.2) is 12.1 Å². The number of carbonyl (C=O) groups excluding carboxylic acids is 3. The fraction of sp³-hybridized carbons (Fsp3) is 0.600. The van der Waals surface area contributed by atoms with Crippen LogP contribution in [0.3, 0.4) is 0 Å². The van der Waals surface area contributed by atoms with Gasteiger partial charge in [0.05, 0.1) is 19.8 Å². The van der Waals surface area contributed by atoms with Crippen LogP contribution in [-0.2, 0) is 14.2 Å². The van der Waals surface area contributed by atoms with Gasteiger partial charge >= 0.3 is 18.0 Å². The maximum Gasteiger partial charge on any atom is 0.407 e. The Morgan fingerprint density at radius 3 is 2.28 bits per heavy atom. The summed E-state index contributed by atoms with van der Waals surface area (Å²) in [6.07, 6.45) is 0.807. The van der Waals surface area contributed by atoms with E-state index in [1.165, 1.54) is 12.1 Å². The predicted octanol–water partition coefficient (Wildman–Crippen LogP) is 3.12. The minimum absolute atomic E-state index is 0.00353. The van der Waals surface area contributed by atoms with Gasteiger partial charge in [-0.25, -0.2) is 19.4 Å². The van der Waals surface area contributed by atoms with Crippen LogP contribution < -0.4 is 10.1 Å². The maximum absolute atomic E-state index is 12.1. The Bertz CT molecular complexity index is 699. The van der Waals surface area contributed by atoms with E-state index in [1.807, 2.05) is 0 Å². The number of hydrogen-bond donors (Lipinski definition) is 1. The molecule has 0 spiro atoms. The van der Waals surface area contributed by atoms with Crippen molar-refractivity contribution in [1.82, 2.24) is 10.3 Å². The minimum Gasteiger partial charge on any atom is -0.491 e. The van der Waals surface area contributed by atoms with Crippen molar-refractivity contribution in [1.29, 1.82) is 0 Å². The molecule has 29 heavy (non-hydrogen) atoms. The Balaban J connectivity index is 2.58. The molecule has 0 aromatic carbocycles. The van der Waals surface area contributed by atoms with Crippen LogP contribution in [-0.4, -0.2) is 55.0 Å². The van der Waals surface area contributed by atoms with Gasteiger partial charge in [0.2, 0.25) is 0 Å². The van der Waals surface area contributed by atoms with E-state index in [0.717, 1.165) is 0 Å². The first-order chi connectivity index (χ1) is 13.7. The highest BCUT2D eigenvalue weighted by molar-refractivity contribution is 5.93. The van der Waals surface area contributed by atoms with Gasteiger partial charge < -0.3 is 24.3 Å². The van der Waals surface area contributed by atoms with Gasteiger partial charge in [-0.15, -0.1) is 0 Å². The highest BCUT2D eigenvalue weighted by Gasteiger charge is 2.20. The van der Waals surface area contributed by atoms with E-state index >= 15 is 0 Å². The Hall–Kier alpha value is -2.84. The number of hydrogen-bond acceptors (Lipinski definition) is 8. The fourth-order valence-electron chi connectivity index (χ4n) is 2.14. The van der Waals surface area contributed by atoms with Crippen LogP contribution in [0, 0.1) is 0 Å². The van der Waals surface area contributed by atoms with E-state index in [9.17, 15) is 14.4 Å². The Morgan fingerprint density at radius 2 is 1.66 bits per heavy atom. The molecule has 0 saturated heterocycles. The van der Waals surface area contributed by atoms with Crippen molar-refractivity contribution in [2.24, 2.45) is 0 Å². The van der Waals surface area contributed by atoms with Gasteiger partial charge in [0.15, 0.2) is 11.4 Å². The summed E-state index contributed by atoms with van der Waals surface area (Å²) in [4.78, 5) is 39.6. The second kappa shape index (κ2) is 11.9. The number of alkyl carbamates (subject to hydrolysis) is 1. The molecule has 0 atom stereocenters. The summed E-state index contributed by atoms with van der Waals surface area (Å²) >= 11 is 0. The lowest BCUT2D eigenvalue weighted by Crippen LogP contribution is -2.33. The van der Waals surface area contributed by atoms with Gasteiger partial charge in [-0.1, -0.05) is 0 Å². The average molecular weight is 410 g/mol. The monoisotopic (exact) mass is 410 g/mol. The van der Waals surface area contributed by atoms with Crippen LogP contribution >= 0.6 is 0 Å². The zero-order valence-electron chi connectivity index (χ0n) is 17.7. The standard InChI is InChI=1S/C20H30N2O7/c1-6-26-17(23)14-10-11-15(16(22-14)18(24)27-7-2)28-13-9-8-12-21-19(25)29-20(3,4)5/h10-11H,6-9,12-13H2,1-5H3,(H,21,25). The fourth-order valence-corrected chi connectivity index (χ4v) is 2.14. The van der Waals surface area contributed by atoms with Gasteiger partial charge in [0.25, 0.3) is 0 Å². The van der Waals surface area contributed by atoms with Crippen molar-refractivity contribution in [3.63, 3.8) is 0 Å². The van der Waals surface area contributed by atoms with Crippen LogP contribution in [0.2, 0.25) is 0 Å². The number of unbranched alkanes of at least 4 members (excludes halogenated alkanes) is 1. The number of pyridine rings is 1. The number of aromatic nitrogens is 1. The summed E-state index contributed by atoms with van der Waals surface area (Å²) in [7, 11) is 0. The van der Waals surface area contributed by atoms with Gasteiger partial charge in [0.1, 0.15) is 11.3 Å². The third-order valence-electron chi connectivity index (χ3n) is 3.31. The molecule has 1 rings (SSSR count). The summed E-state index contributed by atoms with van der Waals surface area (Å²) in [5.74, 6) is -1.09. The number of nitrogens with zero attached hydrogens (tertiary/aromatic N) is 1. The number of ether oxygens (including phenoxy) is 4. The second-order valence-corrected chi connectivity index (χ2v) is 6.97. The van der Waals surface area contributed by atoms with Crippen molar-refractivity contribution in [3.05, 3.63) is 23.5 Å². The summed E-state index contributed by atoms with van der Waals surface area (Å²) in [5.41, 5.74) is -0.618. The summed E-state index contributed by atoms with van der Waals surface area (Å²) in [6.45, 7) is 9.83.